The Morgan fingerprint density at radius 1 is 1.17 bits per heavy atom. The number of nitrogens with zero attached hydrogens (tertiary/aromatic N) is 2. The third-order valence-corrected chi connectivity index (χ3v) is 5.66. The Labute approximate surface area is 169 Å². The molecule has 1 saturated heterocycles. The summed E-state index contributed by atoms with van der Waals surface area (Å²) in [5.41, 5.74) is 0.324. The number of halogens is 1. The number of morpholine rings is 1. The van der Waals surface area contributed by atoms with Gasteiger partial charge in [-0.3, -0.25) is 9.59 Å². The van der Waals surface area contributed by atoms with E-state index in [-0.39, 0.29) is 24.0 Å². The summed E-state index contributed by atoms with van der Waals surface area (Å²) in [5.74, 6) is -0.473. The van der Waals surface area contributed by atoms with Crippen LogP contribution < -0.4 is 0 Å². The second kappa shape index (κ2) is 8.78. The summed E-state index contributed by atoms with van der Waals surface area (Å²) in [6, 6.07) is 9.25. The maximum absolute atomic E-state index is 13.5. The molecular weight excluding hydrogens is 375 g/mol. The van der Waals surface area contributed by atoms with Crippen LogP contribution in [0.15, 0.2) is 47.1 Å². The molecule has 4 rings (SSSR count). The van der Waals surface area contributed by atoms with E-state index in [9.17, 15) is 14.0 Å². The summed E-state index contributed by atoms with van der Waals surface area (Å²) < 4.78 is 24.7. The number of rotatable bonds is 5. The molecule has 0 radical (unpaired) electrons. The number of hydrogen-bond acceptors (Lipinski definition) is 4. The fraction of sp³-hybridized carbons (Fsp3) is 0.455. The fourth-order valence-electron chi connectivity index (χ4n) is 4.19. The van der Waals surface area contributed by atoms with Gasteiger partial charge in [0.2, 0.25) is 0 Å². The van der Waals surface area contributed by atoms with E-state index in [2.05, 4.69) is 0 Å². The van der Waals surface area contributed by atoms with E-state index in [0.717, 1.165) is 25.7 Å². The highest BCUT2D eigenvalue weighted by Crippen LogP contribution is 2.26. The fourth-order valence-corrected chi connectivity index (χ4v) is 4.19. The van der Waals surface area contributed by atoms with Crippen LogP contribution in [0.2, 0.25) is 0 Å². The van der Waals surface area contributed by atoms with E-state index in [1.54, 1.807) is 23.1 Å². The summed E-state index contributed by atoms with van der Waals surface area (Å²) in [5, 5.41) is 0. The van der Waals surface area contributed by atoms with Gasteiger partial charge >= 0.3 is 0 Å². The molecule has 1 saturated carbocycles. The van der Waals surface area contributed by atoms with Gasteiger partial charge in [-0.25, -0.2) is 4.39 Å². The lowest BCUT2D eigenvalue weighted by molar-refractivity contribution is -0.0374. The monoisotopic (exact) mass is 400 g/mol. The third kappa shape index (κ3) is 4.50. The van der Waals surface area contributed by atoms with Crippen LogP contribution in [0.25, 0.3) is 0 Å². The van der Waals surface area contributed by atoms with Gasteiger partial charge in [0.15, 0.2) is 5.76 Å². The first-order valence-electron chi connectivity index (χ1n) is 10.1. The highest BCUT2D eigenvalue weighted by Gasteiger charge is 2.33. The topological polar surface area (TPSA) is 63.0 Å². The Hall–Kier alpha value is -2.67. The van der Waals surface area contributed by atoms with Gasteiger partial charge in [-0.15, -0.1) is 0 Å². The van der Waals surface area contributed by atoms with Crippen LogP contribution in [0.1, 0.15) is 46.6 Å². The molecule has 7 heteroatoms. The highest BCUT2D eigenvalue weighted by atomic mass is 19.1. The molecule has 1 aromatic heterocycles. The molecule has 2 aromatic rings. The Morgan fingerprint density at radius 2 is 2.00 bits per heavy atom. The Bertz CT molecular complexity index is 848. The van der Waals surface area contributed by atoms with Crippen LogP contribution in [0.3, 0.4) is 0 Å². The van der Waals surface area contributed by atoms with Crippen molar-refractivity contribution in [1.82, 2.24) is 9.80 Å². The molecule has 6 nitrogen and oxygen atoms in total. The number of hydrogen-bond donors (Lipinski definition) is 0. The van der Waals surface area contributed by atoms with Gasteiger partial charge in [-0.2, -0.15) is 0 Å². The standard InChI is InChI=1S/C22H25FN2O4/c23-17-6-3-5-16(13-17)21(26)24-10-12-28-19(14-24)15-25(18-7-1-2-8-18)22(27)20-9-4-11-29-20/h3-6,9,11,13,18-19H,1-2,7-8,10,12,14-15H2. The van der Waals surface area contributed by atoms with Crippen molar-refractivity contribution >= 4 is 11.8 Å². The van der Waals surface area contributed by atoms with Gasteiger partial charge < -0.3 is 19.0 Å². The van der Waals surface area contributed by atoms with Gasteiger partial charge in [0.25, 0.3) is 11.8 Å². The average molecular weight is 400 g/mol. The number of carbonyl (C=O) groups excluding carboxylic acids is 2. The lowest BCUT2D eigenvalue weighted by Crippen LogP contribution is -2.52. The van der Waals surface area contributed by atoms with Gasteiger partial charge in [0.1, 0.15) is 5.82 Å². The van der Waals surface area contributed by atoms with Crippen LogP contribution in [0, 0.1) is 5.82 Å². The quantitative estimate of drug-likeness (QED) is 0.772. The van der Waals surface area contributed by atoms with Crippen molar-refractivity contribution in [2.45, 2.75) is 37.8 Å². The summed E-state index contributed by atoms with van der Waals surface area (Å²) in [7, 11) is 0. The molecule has 2 heterocycles. The molecule has 1 aliphatic heterocycles. The first kappa shape index (κ1) is 19.6. The van der Waals surface area contributed by atoms with Crippen LogP contribution in [-0.2, 0) is 4.74 Å². The smallest absolute Gasteiger partial charge is 0.289 e. The Morgan fingerprint density at radius 3 is 2.72 bits per heavy atom. The van der Waals surface area contributed by atoms with Crippen LogP contribution >= 0.6 is 0 Å². The van der Waals surface area contributed by atoms with Crippen molar-refractivity contribution in [3.8, 4) is 0 Å². The molecule has 0 N–H and O–H groups in total. The molecular formula is C22H25FN2O4. The van der Waals surface area contributed by atoms with Crippen LogP contribution in [0.5, 0.6) is 0 Å². The Kier molecular flexibility index (Phi) is 5.94. The molecule has 1 unspecified atom stereocenters. The molecule has 2 fully saturated rings. The third-order valence-electron chi connectivity index (χ3n) is 5.66. The lowest BCUT2D eigenvalue weighted by Gasteiger charge is -2.37. The van der Waals surface area contributed by atoms with E-state index in [1.165, 1.54) is 24.5 Å². The first-order valence-corrected chi connectivity index (χ1v) is 10.1. The minimum absolute atomic E-state index is 0.140. The van der Waals surface area contributed by atoms with Crippen molar-refractivity contribution in [2.24, 2.45) is 0 Å². The molecule has 1 atom stereocenters. The molecule has 2 amide bonds. The average Bonchev–Trinajstić information content (AvgIpc) is 3.45. The number of furan rings is 1. The minimum atomic E-state index is -0.433. The van der Waals surface area contributed by atoms with Crippen molar-refractivity contribution < 1.29 is 23.1 Å². The number of amides is 2. The van der Waals surface area contributed by atoms with Gasteiger partial charge in [-0.1, -0.05) is 18.9 Å². The van der Waals surface area contributed by atoms with Gasteiger partial charge in [0.05, 0.1) is 19.0 Å². The summed E-state index contributed by atoms with van der Waals surface area (Å²) in [6.45, 7) is 1.60. The summed E-state index contributed by atoms with van der Waals surface area (Å²) >= 11 is 0. The molecule has 154 valence electrons. The van der Waals surface area contributed by atoms with Gasteiger partial charge in [0, 0.05) is 31.2 Å². The number of ether oxygens (including phenoxy) is 1. The first-order chi connectivity index (χ1) is 14.1. The molecule has 0 spiro atoms. The van der Waals surface area contributed by atoms with Crippen molar-refractivity contribution in [2.75, 3.05) is 26.2 Å². The molecule has 0 bridgehead atoms. The predicted molar refractivity (Wildman–Crippen MR) is 104 cm³/mol. The molecule has 1 aliphatic carbocycles. The number of carbonyl (C=O) groups is 2. The Balaban J connectivity index is 1.46. The zero-order chi connectivity index (χ0) is 20.2. The SMILES string of the molecule is O=C(c1cccc(F)c1)N1CCOC(CN(C(=O)c2ccco2)C2CCCC2)C1. The second-order valence-electron chi connectivity index (χ2n) is 7.63. The minimum Gasteiger partial charge on any atom is -0.459 e. The largest absolute Gasteiger partial charge is 0.459 e. The van der Waals surface area contributed by atoms with E-state index >= 15 is 0 Å². The van der Waals surface area contributed by atoms with E-state index in [0.29, 0.717) is 37.6 Å². The summed E-state index contributed by atoms with van der Waals surface area (Å²) in [6.07, 6.45) is 5.33. The number of benzene rings is 1. The summed E-state index contributed by atoms with van der Waals surface area (Å²) in [4.78, 5) is 29.3. The normalized spacial score (nSPS) is 20.0. The molecule has 29 heavy (non-hydrogen) atoms. The highest BCUT2D eigenvalue weighted by molar-refractivity contribution is 5.94. The maximum Gasteiger partial charge on any atom is 0.289 e. The second-order valence-corrected chi connectivity index (χ2v) is 7.63. The van der Waals surface area contributed by atoms with E-state index in [1.807, 2.05) is 4.90 Å². The molecule has 1 aromatic carbocycles. The molecule has 2 aliphatic rings. The van der Waals surface area contributed by atoms with Crippen molar-refractivity contribution in [1.29, 1.82) is 0 Å². The zero-order valence-electron chi connectivity index (χ0n) is 16.3. The van der Waals surface area contributed by atoms with Crippen molar-refractivity contribution in [3.63, 3.8) is 0 Å². The van der Waals surface area contributed by atoms with Gasteiger partial charge in [-0.05, 0) is 43.2 Å². The lowest BCUT2D eigenvalue weighted by atomic mass is 10.1. The maximum atomic E-state index is 13.5. The zero-order valence-corrected chi connectivity index (χ0v) is 16.3. The van der Waals surface area contributed by atoms with Crippen LogP contribution in [-0.4, -0.2) is 60.0 Å². The van der Waals surface area contributed by atoms with Crippen molar-refractivity contribution in [3.05, 3.63) is 59.8 Å². The van der Waals surface area contributed by atoms with E-state index in [4.69, 9.17) is 9.15 Å². The predicted octanol–water partition coefficient (Wildman–Crippen LogP) is 3.34. The van der Waals surface area contributed by atoms with Crippen LogP contribution in [0.4, 0.5) is 4.39 Å². The van der Waals surface area contributed by atoms with E-state index < -0.39 is 5.82 Å².